The number of carboxylic acid groups (broad SMARTS) is 1. The molecule has 3 aliphatic carbocycles. The summed E-state index contributed by atoms with van der Waals surface area (Å²) in [6.45, 7) is 0. The molecule has 2 bridgehead atoms. The van der Waals surface area contributed by atoms with Crippen LogP contribution in [0.4, 0.5) is 13.6 Å². The molecular weight excluding hydrogens is 268 g/mol. The van der Waals surface area contributed by atoms with Gasteiger partial charge in [-0.25, -0.2) is 13.6 Å². The van der Waals surface area contributed by atoms with Crippen molar-refractivity contribution >= 4 is 6.09 Å². The SMILES string of the molecule is COc1ccc(C(F)(F)C23CC(NC(=O)O)(C2)C3)cc1. The van der Waals surface area contributed by atoms with Gasteiger partial charge in [-0.05, 0) is 43.5 Å². The van der Waals surface area contributed by atoms with E-state index in [9.17, 15) is 13.6 Å². The predicted octanol–water partition coefficient (Wildman–Crippen LogP) is 2.98. The van der Waals surface area contributed by atoms with Gasteiger partial charge in [0.1, 0.15) is 5.75 Å². The van der Waals surface area contributed by atoms with Crippen molar-refractivity contribution in [1.82, 2.24) is 5.32 Å². The Balaban J connectivity index is 1.76. The van der Waals surface area contributed by atoms with Gasteiger partial charge in [-0.2, -0.15) is 0 Å². The summed E-state index contributed by atoms with van der Waals surface area (Å²) in [6, 6.07) is 5.77. The number of hydrogen-bond acceptors (Lipinski definition) is 2. The van der Waals surface area contributed by atoms with Gasteiger partial charge in [-0.15, -0.1) is 0 Å². The Morgan fingerprint density at radius 3 is 2.30 bits per heavy atom. The zero-order valence-corrected chi connectivity index (χ0v) is 11.0. The molecule has 0 heterocycles. The summed E-state index contributed by atoms with van der Waals surface area (Å²) in [5.74, 6) is -2.41. The van der Waals surface area contributed by atoms with Crippen LogP contribution in [0.1, 0.15) is 24.8 Å². The molecule has 0 atom stereocenters. The van der Waals surface area contributed by atoms with Crippen LogP contribution in [0.3, 0.4) is 0 Å². The van der Waals surface area contributed by atoms with Gasteiger partial charge in [0.25, 0.3) is 5.92 Å². The highest BCUT2D eigenvalue weighted by atomic mass is 19.3. The van der Waals surface area contributed by atoms with Crippen LogP contribution in [-0.2, 0) is 5.92 Å². The third kappa shape index (κ3) is 1.60. The van der Waals surface area contributed by atoms with E-state index in [1.54, 1.807) is 0 Å². The van der Waals surface area contributed by atoms with Crippen molar-refractivity contribution in [3.8, 4) is 5.75 Å². The summed E-state index contributed by atoms with van der Waals surface area (Å²) in [6.07, 6.45) is -0.548. The third-order valence-corrected chi connectivity index (χ3v) is 4.52. The van der Waals surface area contributed by atoms with E-state index in [4.69, 9.17) is 9.84 Å². The van der Waals surface area contributed by atoms with Crippen LogP contribution in [0.15, 0.2) is 24.3 Å². The number of benzene rings is 1. The first kappa shape index (κ1) is 13.1. The van der Waals surface area contributed by atoms with Crippen molar-refractivity contribution in [2.24, 2.45) is 5.41 Å². The summed E-state index contributed by atoms with van der Waals surface area (Å²) in [7, 11) is 1.48. The summed E-state index contributed by atoms with van der Waals surface area (Å²) in [5, 5.41) is 11.0. The summed E-state index contributed by atoms with van der Waals surface area (Å²) in [4.78, 5) is 10.6. The fourth-order valence-electron chi connectivity index (χ4n) is 3.59. The summed E-state index contributed by atoms with van der Waals surface area (Å²) < 4.78 is 34.1. The lowest BCUT2D eigenvalue weighted by Crippen LogP contribution is -2.78. The smallest absolute Gasteiger partial charge is 0.405 e. The normalized spacial score (nSPS) is 30.9. The number of hydrogen-bond donors (Lipinski definition) is 2. The second-order valence-corrected chi connectivity index (χ2v) is 5.82. The Bertz CT molecular complexity index is 536. The number of carbonyl (C=O) groups is 1. The first-order valence-corrected chi connectivity index (χ1v) is 6.36. The highest BCUT2D eigenvalue weighted by molar-refractivity contribution is 5.67. The van der Waals surface area contributed by atoms with Crippen molar-refractivity contribution in [2.75, 3.05) is 7.11 Å². The molecule has 0 unspecified atom stereocenters. The quantitative estimate of drug-likeness (QED) is 0.893. The van der Waals surface area contributed by atoms with E-state index in [0.29, 0.717) is 5.75 Å². The molecule has 0 saturated heterocycles. The van der Waals surface area contributed by atoms with Gasteiger partial charge in [0, 0.05) is 16.5 Å². The average molecular weight is 283 g/mol. The third-order valence-electron chi connectivity index (χ3n) is 4.52. The highest BCUT2D eigenvalue weighted by Crippen LogP contribution is 2.75. The van der Waals surface area contributed by atoms with E-state index in [1.165, 1.54) is 31.4 Å². The monoisotopic (exact) mass is 283 g/mol. The van der Waals surface area contributed by atoms with Gasteiger partial charge in [-0.1, -0.05) is 0 Å². The minimum atomic E-state index is -2.94. The topological polar surface area (TPSA) is 58.6 Å². The molecule has 4 nitrogen and oxygen atoms in total. The fraction of sp³-hybridized carbons (Fsp3) is 0.500. The largest absolute Gasteiger partial charge is 0.497 e. The molecule has 3 saturated carbocycles. The van der Waals surface area contributed by atoms with Gasteiger partial charge in [0.05, 0.1) is 7.11 Å². The number of alkyl halides is 2. The molecule has 1 aromatic rings. The van der Waals surface area contributed by atoms with Crippen molar-refractivity contribution in [3.05, 3.63) is 29.8 Å². The minimum absolute atomic E-state index is 0.0399. The molecule has 0 spiro atoms. The Labute approximate surface area is 114 Å². The minimum Gasteiger partial charge on any atom is -0.497 e. The molecule has 0 aliphatic heterocycles. The van der Waals surface area contributed by atoms with E-state index in [-0.39, 0.29) is 24.8 Å². The number of ether oxygens (including phenoxy) is 1. The van der Waals surface area contributed by atoms with Crippen molar-refractivity contribution in [1.29, 1.82) is 0 Å². The molecule has 20 heavy (non-hydrogen) atoms. The molecule has 4 rings (SSSR count). The molecular formula is C14H15F2NO3. The van der Waals surface area contributed by atoms with E-state index in [1.807, 2.05) is 0 Å². The van der Waals surface area contributed by atoms with E-state index in [2.05, 4.69) is 5.32 Å². The Kier molecular flexibility index (Phi) is 2.52. The van der Waals surface area contributed by atoms with Crippen molar-refractivity contribution in [3.63, 3.8) is 0 Å². The molecule has 108 valence electrons. The maximum absolute atomic E-state index is 14.6. The van der Waals surface area contributed by atoms with Gasteiger partial charge >= 0.3 is 6.09 Å². The molecule has 1 aromatic carbocycles. The molecule has 2 N–H and O–H groups in total. The number of nitrogens with one attached hydrogen (secondary N) is 1. The van der Waals surface area contributed by atoms with Gasteiger partial charge in [0.2, 0.25) is 0 Å². The Morgan fingerprint density at radius 2 is 1.85 bits per heavy atom. The number of amides is 1. The van der Waals surface area contributed by atoms with Crippen LogP contribution in [-0.4, -0.2) is 23.8 Å². The van der Waals surface area contributed by atoms with Gasteiger partial charge in [0.15, 0.2) is 0 Å². The first-order valence-electron chi connectivity index (χ1n) is 6.36. The number of rotatable bonds is 4. The number of methoxy groups -OCH3 is 1. The molecule has 0 radical (unpaired) electrons. The second kappa shape index (κ2) is 3.84. The second-order valence-electron chi connectivity index (χ2n) is 5.82. The molecule has 3 aliphatic rings. The van der Waals surface area contributed by atoms with E-state index >= 15 is 0 Å². The van der Waals surface area contributed by atoms with Gasteiger partial charge in [-0.3, -0.25) is 0 Å². The van der Waals surface area contributed by atoms with Crippen molar-refractivity contribution in [2.45, 2.75) is 30.7 Å². The lowest BCUT2D eigenvalue weighted by atomic mass is 9.37. The highest BCUT2D eigenvalue weighted by Gasteiger charge is 2.78. The maximum Gasteiger partial charge on any atom is 0.405 e. The summed E-state index contributed by atoms with van der Waals surface area (Å²) >= 11 is 0. The molecule has 1 amide bonds. The lowest BCUT2D eigenvalue weighted by Gasteiger charge is -2.71. The van der Waals surface area contributed by atoms with Gasteiger partial charge < -0.3 is 15.2 Å². The maximum atomic E-state index is 14.6. The number of halogens is 2. The molecule has 6 heteroatoms. The zero-order chi connectivity index (χ0) is 14.6. The van der Waals surface area contributed by atoms with E-state index in [0.717, 1.165) is 0 Å². The standard InChI is InChI=1S/C14H15F2NO3/c1-20-10-4-2-9(3-5-10)14(15,16)12-6-13(7-12,8-12)17-11(18)19/h2-5,17H,6-8H2,1H3,(H,18,19). The van der Waals surface area contributed by atoms with Crippen LogP contribution in [0, 0.1) is 5.41 Å². The molecule has 3 fully saturated rings. The fourth-order valence-corrected chi connectivity index (χ4v) is 3.59. The van der Waals surface area contributed by atoms with Crippen LogP contribution >= 0.6 is 0 Å². The van der Waals surface area contributed by atoms with Crippen LogP contribution in [0.2, 0.25) is 0 Å². The Morgan fingerprint density at radius 1 is 1.30 bits per heavy atom. The lowest BCUT2D eigenvalue weighted by molar-refractivity contribution is -0.289. The Hall–Kier alpha value is -1.85. The van der Waals surface area contributed by atoms with Crippen LogP contribution < -0.4 is 10.1 Å². The first-order chi connectivity index (χ1) is 9.32. The van der Waals surface area contributed by atoms with Crippen LogP contribution in [0.5, 0.6) is 5.75 Å². The van der Waals surface area contributed by atoms with Crippen LogP contribution in [0.25, 0.3) is 0 Å². The zero-order valence-electron chi connectivity index (χ0n) is 11.0. The predicted molar refractivity (Wildman–Crippen MR) is 67.1 cm³/mol. The van der Waals surface area contributed by atoms with Crippen molar-refractivity contribution < 1.29 is 23.4 Å². The molecule has 0 aromatic heterocycles. The summed E-state index contributed by atoms with van der Waals surface area (Å²) in [5.41, 5.74) is -1.76. The van der Waals surface area contributed by atoms with E-state index < -0.39 is 23.0 Å². The average Bonchev–Trinajstić information content (AvgIpc) is 2.31.